The first kappa shape index (κ1) is 16.4. The molecule has 3 nitrogen and oxygen atoms in total. The van der Waals surface area contributed by atoms with Crippen molar-refractivity contribution < 1.29 is 17.9 Å². The number of hydrogen-bond donors (Lipinski definition) is 1. The highest BCUT2D eigenvalue weighted by Crippen LogP contribution is 2.51. The van der Waals surface area contributed by atoms with E-state index in [2.05, 4.69) is 16.6 Å². The molecule has 2 N–H and O–H groups in total. The van der Waals surface area contributed by atoms with E-state index in [1.165, 1.54) is 5.57 Å². The van der Waals surface area contributed by atoms with E-state index in [1.54, 1.807) is 0 Å². The highest BCUT2D eigenvalue weighted by Gasteiger charge is 2.55. The van der Waals surface area contributed by atoms with Crippen LogP contribution in [0.1, 0.15) is 33.1 Å². The highest BCUT2D eigenvalue weighted by molar-refractivity contribution is 5.20. The minimum atomic E-state index is -4.50. The molecule has 21 heavy (non-hydrogen) atoms. The number of halogens is 3. The van der Waals surface area contributed by atoms with Crippen LogP contribution in [-0.4, -0.2) is 37.0 Å². The molecule has 1 saturated heterocycles. The Morgan fingerprint density at radius 1 is 1.33 bits per heavy atom. The summed E-state index contributed by atoms with van der Waals surface area (Å²) >= 11 is 0. The molecule has 1 aliphatic heterocycles. The molecule has 1 spiro atoms. The lowest BCUT2D eigenvalue weighted by molar-refractivity contribution is -0.363. The Balaban J connectivity index is 1.77. The van der Waals surface area contributed by atoms with E-state index in [0.717, 1.165) is 25.2 Å². The fourth-order valence-electron chi connectivity index (χ4n) is 3.12. The van der Waals surface area contributed by atoms with Crippen molar-refractivity contribution in [1.29, 1.82) is 0 Å². The third-order valence-corrected chi connectivity index (χ3v) is 4.45. The van der Waals surface area contributed by atoms with Crippen molar-refractivity contribution in [2.45, 2.75) is 45.6 Å². The van der Waals surface area contributed by atoms with Gasteiger partial charge in [0.2, 0.25) is 0 Å². The first-order chi connectivity index (χ1) is 9.77. The third-order valence-electron chi connectivity index (χ3n) is 4.45. The smallest absolute Gasteiger partial charge is 0.374 e. The zero-order valence-corrected chi connectivity index (χ0v) is 12.5. The monoisotopic (exact) mass is 304 g/mol. The minimum absolute atomic E-state index is 0.0379. The lowest BCUT2D eigenvalue weighted by Crippen LogP contribution is -2.63. The van der Waals surface area contributed by atoms with Gasteiger partial charge in [-0.3, -0.25) is 4.74 Å². The van der Waals surface area contributed by atoms with Crippen LogP contribution in [0.15, 0.2) is 23.4 Å². The Labute approximate surface area is 123 Å². The molecule has 6 heteroatoms. The normalized spacial score (nSPS) is 23.2. The molecule has 0 aromatic heterocycles. The molecule has 0 amide bonds. The van der Waals surface area contributed by atoms with Gasteiger partial charge < -0.3 is 10.6 Å². The van der Waals surface area contributed by atoms with Crippen molar-refractivity contribution >= 4 is 0 Å². The van der Waals surface area contributed by atoms with Gasteiger partial charge in [-0.05, 0) is 32.3 Å². The number of allylic oxidation sites excluding steroid dienone is 3. The van der Waals surface area contributed by atoms with Gasteiger partial charge in [-0.2, -0.15) is 0 Å². The molecule has 0 bridgehead atoms. The molecule has 0 aromatic rings. The van der Waals surface area contributed by atoms with Gasteiger partial charge >= 0.3 is 6.36 Å². The van der Waals surface area contributed by atoms with Crippen LogP contribution in [0.2, 0.25) is 0 Å². The number of alkyl halides is 3. The van der Waals surface area contributed by atoms with Crippen molar-refractivity contribution in [3.63, 3.8) is 0 Å². The van der Waals surface area contributed by atoms with E-state index in [4.69, 9.17) is 5.73 Å². The summed E-state index contributed by atoms with van der Waals surface area (Å²) in [5.41, 5.74) is 7.98. The fourth-order valence-corrected chi connectivity index (χ4v) is 3.12. The van der Waals surface area contributed by atoms with Gasteiger partial charge in [0.05, 0.1) is 6.10 Å². The minimum Gasteiger partial charge on any atom is -0.374 e. The molecule has 0 radical (unpaired) electrons. The number of hydrogen-bond acceptors (Lipinski definition) is 3. The van der Waals surface area contributed by atoms with Crippen LogP contribution >= 0.6 is 0 Å². The quantitative estimate of drug-likeness (QED) is 0.793. The van der Waals surface area contributed by atoms with Gasteiger partial charge in [0.1, 0.15) is 0 Å². The number of likely N-dealkylation sites (tertiary alicyclic amines) is 1. The first-order valence-electron chi connectivity index (χ1n) is 7.33. The van der Waals surface area contributed by atoms with Gasteiger partial charge in [0.25, 0.3) is 0 Å². The number of rotatable bonds is 5. The second-order valence-electron chi connectivity index (χ2n) is 6.14. The van der Waals surface area contributed by atoms with Crippen LogP contribution in [0, 0.1) is 5.41 Å². The summed E-state index contributed by atoms with van der Waals surface area (Å²) in [6.07, 6.45) is 0.873. The molecule has 2 rings (SSSR count). The summed E-state index contributed by atoms with van der Waals surface area (Å²) in [5, 5.41) is 0. The summed E-state index contributed by atoms with van der Waals surface area (Å²) in [5.74, 6) is 0. The Bertz CT molecular complexity index is 423. The van der Waals surface area contributed by atoms with Crippen molar-refractivity contribution in [3.05, 3.63) is 23.4 Å². The zero-order chi connectivity index (χ0) is 15.7. The van der Waals surface area contributed by atoms with E-state index in [1.807, 2.05) is 19.1 Å². The average molecular weight is 304 g/mol. The predicted molar refractivity (Wildman–Crippen MR) is 75.4 cm³/mol. The summed E-state index contributed by atoms with van der Waals surface area (Å²) in [4.78, 5) is 2.20. The molecule has 1 aliphatic carbocycles. The largest absolute Gasteiger partial charge is 0.522 e. The van der Waals surface area contributed by atoms with E-state index in [0.29, 0.717) is 19.4 Å². The van der Waals surface area contributed by atoms with E-state index < -0.39 is 12.5 Å². The van der Waals surface area contributed by atoms with Crippen LogP contribution < -0.4 is 5.73 Å². The molecule has 2 aliphatic rings. The van der Waals surface area contributed by atoms with Crippen LogP contribution in [0.25, 0.3) is 0 Å². The fraction of sp³-hybridized carbons (Fsp3) is 0.733. The Hall–Kier alpha value is -1.01. The number of nitrogens with zero attached hydrogens (tertiary/aromatic N) is 1. The van der Waals surface area contributed by atoms with Gasteiger partial charge in [-0.25, -0.2) is 0 Å². The Morgan fingerprint density at radius 2 is 1.95 bits per heavy atom. The van der Waals surface area contributed by atoms with Crippen LogP contribution in [0.5, 0.6) is 0 Å². The molecular weight excluding hydrogens is 281 g/mol. The van der Waals surface area contributed by atoms with Gasteiger partial charge in [0, 0.05) is 30.7 Å². The molecular formula is C15H23F3N2O. The Morgan fingerprint density at radius 3 is 2.43 bits per heavy atom. The van der Waals surface area contributed by atoms with E-state index in [9.17, 15) is 13.2 Å². The van der Waals surface area contributed by atoms with Gasteiger partial charge in [0.15, 0.2) is 0 Å². The average Bonchev–Trinajstić information content (AvgIpc) is 2.30. The lowest BCUT2D eigenvalue weighted by Gasteiger charge is -2.59. The molecule has 1 heterocycles. The third kappa shape index (κ3) is 4.01. The second-order valence-corrected chi connectivity index (χ2v) is 6.14. The molecule has 0 aromatic carbocycles. The highest BCUT2D eigenvalue weighted by atomic mass is 19.4. The lowest BCUT2D eigenvalue weighted by atomic mass is 9.61. The maximum atomic E-state index is 12.1. The van der Waals surface area contributed by atoms with Crippen LogP contribution in [-0.2, 0) is 4.74 Å². The van der Waals surface area contributed by atoms with Crippen molar-refractivity contribution in [2.75, 3.05) is 19.6 Å². The first-order valence-corrected chi connectivity index (χ1v) is 7.33. The van der Waals surface area contributed by atoms with Gasteiger partial charge in [-0.15, -0.1) is 13.2 Å². The molecule has 120 valence electrons. The van der Waals surface area contributed by atoms with Gasteiger partial charge in [-0.1, -0.05) is 18.6 Å². The molecule has 0 atom stereocenters. The maximum Gasteiger partial charge on any atom is 0.522 e. The summed E-state index contributed by atoms with van der Waals surface area (Å²) < 4.78 is 40.3. The summed E-state index contributed by atoms with van der Waals surface area (Å²) in [6.45, 7) is 6.29. The Kier molecular flexibility index (Phi) is 4.68. The zero-order valence-electron chi connectivity index (χ0n) is 12.5. The maximum absolute atomic E-state index is 12.1. The number of nitrogens with two attached hydrogens (primary N) is 1. The standard InChI is InChI=1S/C15H23F3N2O/c1-3-12(8-19)5-4-11(2)20-9-14(10-20)6-13(7-14)21-15(16,17)18/h4-5,13H,3,6-10,19H2,1-2H3/b11-4+,12-5+. The molecule has 1 saturated carbocycles. The predicted octanol–water partition coefficient (Wildman–Crippen LogP) is 3.19. The van der Waals surface area contributed by atoms with Crippen LogP contribution in [0.3, 0.4) is 0 Å². The van der Waals surface area contributed by atoms with Crippen molar-refractivity contribution in [2.24, 2.45) is 11.1 Å². The SMILES string of the molecule is CC/C(=C\C=C(/C)N1CC2(CC(OC(F)(F)F)C2)C1)CN. The second kappa shape index (κ2) is 6.01. The summed E-state index contributed by atoms with van der Waals surface area (Å²) in [6, 6.07) is 0. The van der Waals surface area contributed by atoms with E-state index in [-0.39, 0.29) is 5.41 Å². The van der Waals surface area contributed by atoms with Crippen molar-refractivity contribution in [3.8, 4) is 0 Å². The molecule has 2 fully saturated rings. The summed E-state index contributed by atoms with van der Waals surface area (Å²) in [7, 11) is 0. The van der Waals surface area contributed by atoms with Crippen LogP contribution in [0.4, 0.5) is 13.2 Å². The number of ether oxygens (including phenoxy) is 1. The van der Waals surface area contributed by atoms with Crippen molar-refractivity contribution in [1.82, 2.24) is 4.90 Å². The topological polar surface area (TPSA) is 38.5 Å². The molecule has 0 unspecified atom stereocenters. The van der Waals surface area contributed by atoms with E-state index >= 15 is 0 Å².